The standard InChI is InChI=1S/C12H13BrFNO4/c1-12(2,3)19-11(18)15-9-7(13)4-6(10(16)17)5-8(9)14/h4-5H,1-3H3,(H,15,18)(H,16,17). The Labute approximate surface area is 117 Å². The first-order valence-electron chi connectivity index (χ1n) is 5.32. The first-order valence-corrected chi connectivity index (χ1v) is 6.12. The maximum atomic E-state index is 13.7. The molecule has 0 saturated heterocycles. The van der Waals surface area contributed by atoms with Crippen LogP contribution in [0.25, 0.3) is 0 Å². The summed E-state index contributed by atoms with van der Waals surface area (Å²) in [5, 5.41) is 11.0. The van der Waals surface area contributed by atoms with Crippen LogP contribution in [0.15, 0.2) is 16.6 Å². The molecule has 0 bridgehead atoms. The first kappa shape index (κ1) is 15.4. The Hall–Kier alpha value is -1.63. The van der Waals surface area contributed by atoms with Crippen LogP contribution >= 0.6 is 15.9 Å². The Morgan fingerprint density at radius 2 is 1.95 bits per heavy atom. The van der Waals surface area contributed by atoms with Crippen molar-refractivity contribution < 1.29 is 23.8 Å². The second-order valence-electron chi connectivity index (χ2n) is 4.75. The highest BCUT2D eigenvalue weighted by atomic mass is 79.9. The van der Waals surface area contributed by atoms with E-state index in [1.54, 1.807) is 20.8 Å². The van der Waals surface area contributed by atoms with Crippen LogP contribution in [-0.4, -0.2) is 22.8 Å². The number of hydrogen-bond acceptors (Lipinski definition) is 3. The van der Waals surface area contributed by atoms with Gasteiger partial charge in [-0.05, 0) is 48.8 Å². The topological polar surface area (TPSA) is 75.6 Å². The average molecular weight is 334 g/mol. The van der Waals surface area contributed by atoms with E-state index in [0.717, 1.165) is 6.07 Å². The molecule has 0 atom stereocenters. The van der Waals surface area contributed by atoms with Crippen molar-refractivity contribution in [3.63, 3.8) is 0 Å². The average Bonchev–Trinajstić information content (AvgIpc) is 2.20. The lowest BCUT2D eigenvalue weighted by molar-refractivity contribution is 0.0634. The molecule has 19 heavy (non-hydrogen) atoms. The number of carbonyl (C=O) groups is 2. The molecule has 0 aromatic heterocycles. The number of halogens is 2. The zero-order valence-electron chi connectivity index (χ0n) is 10.6. The molecule has 2 N–H and O–H groups in total. The van der Waals surface area contributed by atoms with Gasteiger partial charge in [-0.25, -0.2) is 14.0 Å². The van der Waals surface area contributed by atoms with E-state index in [-0.39, 0.29) is 15.7 Å². The summed E-state index contributed by atoms with van der Waals surface area (Å²) in [5.74, 6) is -2.12. The Morgan fingerprint density at radius 3 is 2.37 bits per heavy atom. The van der Waals surface area contributed by atoms with Gasteiger partial charge in [0, 0.05) is 4.47 Å². The summed E-state index contributed by atoms with van der Waals surface area (Å²) in [6.45, 7) is 5.02. The fourth-order valence-electron chi connectivity index (χ4n) is 1.22. The maximum absolute atomic E-state index is 13.7. The van der Waals surface area contributed by atoms with E-state index in [2.05, 4.69) is 21.2 Å². The molecule has 1 aromatic carbocycles. The van der Waals surface area contributed by atoms with E-state index >= 15 is 0 Å². The maximum Gasteiger partial charge on any atom is 0.412 e. The minimum atomic E-state index is -1.26. The minimum Gasteiger partial charge on any atom is -0.478 e. The summed E-state index contributed by atoms with van der Waals surface area (Å²) in [6, 6.07) is 2.01. The van der Waals surface area contributed by atoms with E-state index in [4.69, 9.17) is 9.84 Å². The van der Waals surface area contributed by atoms with E-state index < -0.39 is 23.5 Å². The van der Waals surface area contributed by atoms with E-state index in [0.29, 0.717) is 0 Å². The van der Waals surface area contributed by atoms with Crippen molar-refractivity contribution in [3.8, 4) is 0 Å². The Kier molecular flexibility index (Phi) is 4.52. The van der Waals surface area contributed by atoms with Gasteiger partial charge in [0.25, 0.3) is 0 Å². The van der Waals surface area contributed by atoms with Crippen LogP contribution in [0.3, 0.4) is 0 Å². The van der Waals surface area contributed by atoms with Crippen molar-refractivity contribution in [2.75, 3.05) is 5.32 Å². The van der Waals surface area contributed by atoms with Crippen molar-refractivity contribution >= 4 is 33.7 Å². The quantitative estimate of drug-likeness (QED) is 0.866. The molecule has 0 heterocycles. The molecule has 0 radical (unpaired) electrons. The van der Waals surface area contributed by atoms with Crippen molar-refractivity contribution in [3.05, 3.63) is 28.0 Å². The molecular weight excluding hydrogens is 321 g/mol. The van der Waals surface area contributed by atoms with E-state index in [9.17, 15) is 14.0 Å². The van der Waals surface area contributed by atoms with Crippen molar-refractivity contribution in [1.82, 2.24) is 0 Å². The molecule has 7 heteroatoms. The summed E-state index contributed by atoms with van der Waals surface area (Å²) < 4.78 is 18.8. The highest BCUT2D eigenvalue weighted by Crippen LogP contribution is 2.28. The molecule has 0 unspecified atom stereocenters. The van der Waals surface area contributed by atoms with Crippen molar-refractivity contribution in [2.24, 2.45) is 0 Å². The monoisotopic (exact) mass is 333 g/mol. The van der Waals surface area contributed by atoms with Crippen molar-refractivity contribution in [1.29, 1.82) is 0 Å². The van der Waals surface area contributed by atoms with Crippen LogP contribution < -0.4 is 5.32 Å². The Balaban J connectivity index is 2.97. The predicted octanol–water partition coefficient (Wildman–Crippen LogP) is 3.63. The number of carboxylic acids is 1. The predicted molar refractivity (Wildman–Crippen MR) is 70.9 cm³/mol. The highest BCUT2D eigenvalue weighted by molar-refractivity contribution is 9.10. The number of benzene rings is 1. The van der Waals surface area contributed by atoms with Gasteiger partial charge in [-0.2, -0.15) is 0 Å². The lowest BCUT2D eigenvalue weighted by atomic mass is 10.2. The number of carboxylic acid groups (broad SMARTS) is 1. The molecule has 1 amide bonds. The van der Waals surface area contributed by atoms with Gasteiger partial charge in [0.1, 0.15) is 11.4 Å². The van der Waals surface area contributed by atoms with Gasteiger partial charge in [0.2, 0.25) is 0 Å². The SMILES string of the molecule is CC(C)(C)OC(=O)Nc1c(F)cc(C(=O)O)cc1Br. The number of amides is 1. The van der Waals surface area contributed by atoms with Crippen LogP contribution in [0, 0.1) is 5.82 Å². The van der Waals surface area contributed by atoms with Gasteiger partial charge in [-0.1, -0.05) is 0 Å². The summed E-state index contributed by atoms with van der Waals surface area (Å²) >= 11 is 3.00. The third kappa shape index (κ3) is 4.51. The lowest BCUT2D eigenvalue weighted by Crippen LogP contribution is -2.27. The molecule has 0 saturated carbocycles. The summed E-state index contributed by atoms with van der Waals surface area (Å²) in [6.07, 6.45) is -0.824. The molecule has 1 aromatic rings. The molecule has 0 aliphatic heterocycles. The van der Waals surface area contributed by atoms with Gasteiger partial charge in [0.15, 0.2) is 0 Å². The van der Waals surface area contributed by atoms with Gasteiger partial charge in [-0.15, -0.1) is 0 Å². The van der Waals surface area contributed by atoms with Gasteiger partial charge in [0.05, 0.1) is 11.3 Å². The molecule has 0 aliphatic carbocycles. The molecule has 0 fully saturated rings. The number of nitrogens with one attached hydrogen (secondary N) is 1. The van der Waals surface area contributed by atoms with Crippen LogP contribution in [0.1, 0.15) is 31.1 Å². The Bertz CT molecular complexity index is 502. The second kappa shape index (κ2) is 5.56. The van der Waals surface area contributed by atoms with Crippen LogP contribution in [-0.2, 0) is 4.74 Å². The summed E-state index contributed by atoms with van der Waals surface area (Å²) in [4.78, 5) is 22.2. The third-order valence-corrected chi connectivity index (χ3v) is 2.54. The number of anilines is 1. The molecule has 0 spiro atoms. The lowest BCUT2D eigenvalue weighted by Gasteiger charge is -2.20. The molecule has 0 aliphatic rings. The van der Waals surface area contributed by atoms with Crippen LogP contribution in [0.4, 0.5) is 14.9 Å². The summed E-state index contributed by atoms with van der Waals surface area (Å²) in [7, 11) is 0. The van der Waals surface area contributed by atoms with Crippen molar-refractivity contribution in [2.45, 2.75) is 26.4 Å². The molecule has 1 rings (SSSR count). The molecule has 104 valence electrons. The largest absolute Gasteiger partial charge is 0.478 e. The smallest absolute Gasteiger partial charge is 0.412 e. The van der Waals surface area contributed by atoms with Gasteiger partial charge < -0.3 is 9.84 Å². The van der Waals surface area contributed by atoms with Gasteiger partial charge in [-0.3, -0.25) is 5.32 Å². The van der Waals surface area contributed by atoms with E-state index in [1.165, 1.54) is 6.07 Å². The van der Waals surface area contributed by atoms with E-state index in [1.807, 2.05) is 0 Å². The minimum absolute atomic E-state index is 0.121. The van der Waals surface area contributed by atoms with Crippen LogP contribution in [0.5, 0.6) is 0 Å². The number of hydrogen-bond donors (Lipinski definition) is 2. The summed E-state index contributed by atoms with van der Waals surface area (Å²) in [5.41, 5.74) is -1.10. The fourth-order valence-corrected chi connectivity index (χ4v) is 1.76. The highest BCUT2D eigenvalue weighted by Gasteiger charge is 2.20. The van der Waals surface area contributed by atoms with Crippen LogP contribution in [0.2, 0.25) is 0 Å². The number of carbonyl (C=O) groups excluding carboxylic acids is 1. The normalized spacial score (nSPS) is 11.0. The third-order valence-electron chi connectivity index (χ3n) is 1.92. The number of rotatable bonds is 2. The number of aromatic carboxylic acids is 1. The fraction of sp³-hybridized carbons (Fsp3) is 0.333. The zero-order valence-corrected chi connectivity index (χ0v) is 12.2. The first-order chi connectivity index (χ1) is 8.60. The second-order valence-corrected chi connectivity index (χ2v) is 5.60. The molecular formula is C12H13BrFNO4. The Morgan fingerprint density at radius 1 is 1.37 bits per heavy atom. The zero-order chi connectivity index (χ0) is 14.8. The number of ether oxygens (including phenoxy) is 1. The molecule has 5 nitrogen and oxygen atoms in total. The van der Waals surface area contributed by atoms with Gasteiger partial charge >= 0.3 is 12.1 Å².